The van der Waals surface area contributed by atoms with E-state index in [1.807, 2.05) is 45.0 Å². The van der Waals surface area contributed by atoms with Crippen molar-refractivity contribution in [2.24, 2.45) is 0 Å². The van der Waals surface area contributed by atoms with Crippen LogP contribution in [-0.2, 0) is 26.2 Å². The average Bonchev–Trinajstić information content (AvgIpc) is 2.97. The van der Waals surface area contributed by atoms with Gasteiger partial charge in [0.05, 0.1) is 10.6 Å². The molecule has 1 N–H and O–H groups in total. The lowest BCUT2D eigenvalue weighted by molar-refractivity contribution is -0.140. The number of anilines is 1. The van der Waals surface area contributed by atoms with Crippen LogP contribution in [0, 0.1) is 13.8 Å². The number of hydrogen-bond acceptors (Lipinski definition) is 4. The van der Waals surface area contributed by atoms with Crippen LogP contribution in [0.2, 0.25) is 0 Å². The molecule has 7 nitrogen and oxygen atoms in total. The van der Waals surface area contributed by atoms with E-state index >= 15 is 0 Å². The highest BCUT2D eigenvalue weighted by molar-refractivity contribution is 9.10. The van der Waals surface area contributed by atoms with Crippen molar-refractivity contribution >= 4 is 43.5 Å². The van der Waals surface area contributed by atoms with Crippen molar-refractivity contribution < 1.29 is 18.0 Å². The number of carbonyl (C=O) groups is 2. The van der Waals surface area contributed by atoms with Gasteiger partial charge in [0.15, 0.2) is 0 Å². The third-order valence-electron chi connectivity index (χ3n) is 7.80. The van der Waals surface area contributed by atoms with Crippen LogP contribution < -0.4 is 9.62 Å². The Kier molecular flexibility index (Phi) is 10.8. The van der Waals surface area contributed by atoms with E-state index in [1.165, 1.54) is 6.42 Å². The second kappa shape index (κ2) is 14.3. The van der Waals surface area contributed by atoms with Crippen molar-refractivity contribution in [3.8, 4) is 0 Å². The third-order valence-corrected chi connectivity index (χ3v) is 10.1. The summed E-state index contributed by atoms with van der Waals surface area (Å²) in [5.74, 6) is -0.642. The smallest absolute Gasteiger partial charge is 0.264 e. The summed E-state index contributed by atoms with van der Waals surface area (Å²) in [4.78, 5) is 29.5. The number of rotatable bonds is 11. The number of benzene rings is 3. The predicted octanol–water partition coefficient (Wildman–Crippen LogP) is 6.52. The van der Waals surface area contributed by atoms with Crippen LogP contribution in [0.3, 0.4) is 0 Å². The van der Waals surface area contributed by atoms with Crippen LogP contribution in [0.15, 0.2) is 82.2 Å². The average molecular weight is 655 g/mol. The lowest BCUT2D eigenvalue weighted by Gasteiger charge is -2.34. The normalized spacial score (nSPS) is 14.7. The van der Waals surface area contributed by atoms with Gasteiger partial charge in [0, 0.05) is 17.1 Å². The molecule has 0 saturated heterocycles. The van der Waals surface area contributed by atoms with Crippen LogP contribution in [0.1, 0.15) is 62.1 Å². The van der Waals surface area contributed by atoms with E-state index in [4.69, 9.17) is 0 Å². The molecule has 0 aliphatic heterocycles. The molecule has 0 unspecified atom stereocenters. The van der Waals surface area contributed by atoms with E-state index in [0.29, 0.717) is 16.6 Å². The lowest BCUT2D eigenvalue weighted by Crippen LogP contribution is -2.54. The molecule has 0 spiro atoms. The van der Waals surface area contributed by atoms with E-state index < -0.39 is 28.5 Å². The number of amides is 2. The third kappa shape index (κ3) is 8.01. The number of nitrogens with one attached hydrogen (secondary N) is 1. The van der Waals surface area contributed by atoms with Gasteiger partial charge in [0.25, 0.3) is 10.0 Å². The first kappa shape index (κ1) is 31.8. The summed E-state index contributed by atoms with van der Waals surface area (Å²) in [6.07, 6.45) is 5.58. The molecule has 1 aliphatic rings. The van der Waals surface area contributed by atoms with Gasteiger partial charge in [-0.25, -0.2) is 8.42 Å². The largest absolute Gasteiger partial charge is 0.352 e. The molecule has 9 heteroatoms. The highest BCUT2D eigenvalue weighted by Crippen LogP contribution is 2.27. The molecule has 1 saturated carbocycles. The summed E-state index contributed by atoms with van der Waals surface area (Å²) in [5.41, 5.74) is 3.24. The predicted molar refractivity (Wildman–Crippen MR) is 171 cm³/mol. The molecule has 0 aromatic heterocycles. The van der Waals surface area contributed by atoms with Gasteiger partial charge < -0.3 is 10.2 Å². The van der Waals surface area contributed by atoms with Crippen molar-refractivity contribution in [3.63, 3.8) is 0 Å². The van der Waals surface area contributed by atoms with Crippen LogP contribution in [0.4, 0.5) is 5.69 Å². The molecule has 3 aromatic rings. The van der Waals surface area contributed by atoms with Gasteiger partial charge in [-0.05, 0) is 69.0 Å². The standard InChI is InChI=1S/C33H40BrN3O4S/c1-4-31(33(39)35-28-10-6-5-7-11-28)36(22-26-17-13-24(2)14-18-26)32(38)23-37(29-12-8-9-27(34)21-29)42(40,41)30-19-15-25(3)16-20-30/h8-9,12-21,28,31H,4-7,10-11,22-23H2,1-3H3,(H,35,39)/t31-/m0/s1. The van der Waals surface area contributed by atoms with Crippen molar-refractivity contribution in [3.05, 3.63) is 94.0 Å². The fourth-order valence-corrected chi connectivity index (χ4v) is 7.14. The highest BCUT2D eigenvalue weighted by Gasteiger charge is 2.34. The van der Waals surface area contributed by atoms with E-state index in [0.717, 1.165) is 46.7 Å². The summed E-state index contributed by atoms with van der Waals surface area (Å²) in [7, 11) is -4.11. The fraction of sp³-hybridized carbons (Fsp3) is 0.394. The van der Waals surface area contributed by atoms with Crippen molar-refractivity contribution in [1.82, 2.24) is 10.2 Å². The molecule has 0 bridgehead atoms. The number of sulfonamides is 1. The fourth-order valence-electron chi connectivity index (χ4n) is 5.35. The molecule has 3 aromatic carbocycles. The molecule has 1 aliphatic carbocycles. The van der Waals surface area contributed by atoms with Crippen LogP contribution in [0.25, 0.3) is 0 Å². The summed E-state index contributed by atoms with van der Waals surface area (Å²) in [6.45, 7) is 5.50. The Balaban J connectivity index is 1.70. The van der Waals surface area contributed by atoms with Crippen molar-refractivity contribution in [2.75, 3.05) is 10.8 Å². The Morgan fingerprint density at radius 1 is 0.929 bits per heavy atom. The molecular weight excluding hydrogens is 614 g/mol. The topological polar surface area (TPSA) is 86.8 Å². The molecular formula is C33H40BrN3O4S. The number of aryl methyl sites for hydroxylation is 2. The first-order valence-electron chi connectivity index (χ1n) is 14.6. The van der Waals surface area contributed by atoms with Crippen molar-refractivity contribution in [1.29, 1.82) is 0 Å². The van der Waals surface area contributed by atoms with E-state index in [2.05, 4.69) is 21.2 Å². The lowest BCUT2D eigenvalue weighted by atomic mass is 9.95. The van der Waals surface area contributed by atoms with Gasteiger partial charge in [0.2, 0.25) is 11.8 Å². The maximum atomic E-state index is 14.2. The molecule has 0 radical (unpaired) electrons. The quantitative estimate of drug-likeness (QED) is 0.255. The van der Waals surface area contributed by atoms with Crippen LogP contribution in [0.5, 0.6) is 0 Å². The molecule has 1 atom stereocenters. The number of halogens is 1. The molecule has 0 heterocycles. The van der Waals surface area contributed by atoms with Gasteiger partial charge in [-0.15, -0.1) is 0 Å². The SMILES string of the molecule is CC[C@@H](C(=O)NC1CCCCC1)N(Cc1ccc(C)cc1)C(=O)CN(c1cccc(Br)c1)S(=O)(=O)c1ccc(C)cc1. The Morgan fingerprint density at radius 2 is 1.55 bits per heavy atom. The van der Waals surface area contributed by atoms with E-state index in [-0.39, 0.29) is 23.4 Å². The zero-order chi connectivity index (χ0) is 30.3. The van der Waals surface area contributed by atoms with Gasteiger partial charge >= 0.3 is 0 Å². The minimum absolute atomic E-state index is 0.0908. The number of nitrogens with zero attached hydrogens (tertiary/aromatic N) is 2. The highest BCUT2D eigenvalue weighted by atomic mass is 79.9. The summed E-state index contributed by atoms with van der Waals surface area (Å²) in [6, 6.07) is 20.6. The van der Waals surface area contributed by atoms with Crippen LogP contribution in [-0.4, -0.2) is 43.8 Å². The maximum absolute atomic E-state index is 14.2. The first-order valence-corrected chi connectivity index (χ1v) is 16.8. The summed E-state index contributed by atoms with van der Waals surface area (Å²) >= 11 is 3.44. The molecule has 224 valence electrons. The zero-order valence-electron chi connectivity index (χ0n) is 24.6. The maximum Gasteiger partial charge on any atom is 0.264 e. The summed E-state index contributed by atoms with van der Waals surface area (Å²) < 4.78 is 29.8. The van der Waals surface area contributed by atoms with Gasteiger partial charge in [-0.3, -0.25) is 13.9 Å². The first-order chi connectivity index (χ1) is 20.1. The second-order valence-corrected chi connectivity index (χ2v) is 13.9. The van der Waals surface area contributed by atoms with Gasteiger partial charge in [0.1, 0.15) is 12.6 Å². The van der Waals surface area contributed by atoms with E-state index in [9.17, 15) is 18.0 Å². The molecule has 42 heavy (non-hydrogen) atoms. The van der Waals surface area contributed by atoms with E-state index in [1.54, 1.807) is 53.4 Å². The Morgan fingerprint density at radius 3 is 2.14 bits per heavy atom. The Labute approximate surface area is 258 Å². The van der Waals surface area contributed by atoms with Gasteiger partial charge in [-0.2, -0.15) is 0 Å². The summed E-state index contributed by atoms with van der Waals surface area (Å²) in [5, 5.41) is 3.18. The van der Waals surface area contributed by atoms with Gasteiger partial charge in [-0.1, -0.05) is 95.7 Å². The van der Waals surface area contributed by atoms with Crippen molar-refractivity contribution in [2.45, 2.75) is 82.8 Å². The molecule has 4 rings (SSSR count). The number of hydrogen-bond donors (Lipinski definition) is 1. The zero-order valence-corrected chi connectivity index (χ0v) is 27.0. The van der Waals surface area contributed by atoms with Crippen LogP contribution >= 0.6 is 15.9 Å². The molecule has 2 amide bonds. The minimum atomic E-state index is -4.11. The monoisotopic (exact) mass is 653 g/mol. The Hall–Kier alpha value is -3.17. The Bertz CT molecular complexity index is 1470. The number of carbonyl (C=O) groups excluding carboxylic acids is 2. The second-order valence-electron chi connectivity index (χ2n) is 11.1. The minimum Gasteiger partial charge on any atom is -0.352 e. The molecule has 1 fully saturated rings.